The zero-order valence-electron chi connectivity index (χ0n) is 16.6. The van der Waals surface area contributed by atoms with Crippen molar-refractivity contribution in [2.45, 2.75) is 38.3 Å². The van der Waals surface area contributed by atoms with Gasteiger partial charge in [-0.2, -0.15) is 4.80 Å². The predicted molar refractivity (Wildman–Crippen MR) is 113 cm³/mol. The van der Waals surface area contributed by atoms with Gasteiger partial charge in [0.15, 0.2) is 0 Å². The lowest BCUT2D eigenvalue weighted by Gasteiger charge is -2.34. The van der Waals surface area contributed by atoms with Gasteiger partial charge in [-0.05, 0) is 48.1 Å². The minimum absolute atomic E-state index is 0.119. The van der Waals surface area contributed by atoms with Gasteiger partial charge >= 0.3 is 0 Å². The second-order valence-electron chi connectivity index (χ2n) is 7.75. The van der Waals surface area contributed by atoms with E-state index in [4.69, 9.17) is 0 Å². The van der Waals surface area contributed by atoms with E-state index >= 15 is 0 Å². The Balaban J connectivity index is 1.25. The van der Waals surface area contributed by atoms with E-state index in [9.17, 15) is 9.59 Å². The molecule has 2 fully saturated rings. The highest BCUT2D eigenvalue weighted by Crippen LogP contribution is 2.31. The van der Waals surface area contributed by atoms with Crippen molar-refractivity contribution >= 4 is 28.8 Å². The number of amides is 2. The van der Waals surface area contributed by atoms with Crippen molar-refractivity contribution in [3.05, 3.63) is 47.3 Å². The molecule has 2 aliphatic rings. The highest BCUT2D eigenvalue weighted by atomic mass is 32.1. The Morgan fingerprint density at radius 2 is 1.87 bits per heavy atom. The summed E-state index contributed by atoms with van der Waals surface area (Å²) in [6.45, 7) is 3.38. The summed E-state index contributed by atoms with van der Waals surface area (Å²) in [5.74, 6) is 0.407. The second kappa shape index (κ2) is 7.73. The van der Waals surface area contributed by atoms with Crippen LogP contribution in [0.5, 0.6) is 0 Å². The van der Waals surface area contributed by atoms with Crippen LogP contribution in [0.25, 0.3) is 10.7 Å². The normalized spacial score (nSPS) is 21.0. The number of benzene rings is 1. The van der Waals surface area contributed by atoms with Crippen LogP contribution in [0.15, 0.2) is 41.8 Å². The van der Waals surface area contributed by atoms with Crippen molar-refractivity contribution in [1.82, 2.24) is 25.1 Å². The van der Waals surface area contributed by atoms with Crippen LogP contribution in [-0.4, -0.2) is 56.1 Å². The van der Waals surface area contributed by atoms with Crippen molar-refractivity contribution in [1.29, 1.82) is 0 Å². The first kappa shape index (κ1) is 19.1. The molecule has 2 aromatic heterocycles. The molecule has 154 valence electrons. The Kier molecular flexibility index (Phi) is 4.92. The Labute approximate surface area is 178 Å². The van der Waals surface area contributed by atoms with Gasteiger partial charge in [-0.3, -0.25) is 14.5 Å². The van der Waals surface area contributed by atoms with E-state index in [1.54, 1.807) is 16.1 Å². The molecule has 2 amide bonds. The predicted octanol–water partition coefficient (Wildman–Crippen LogP) is 2.68. The fraction of sp³-hybridized carbons (Fsp3) is 0.381. The van der Waals surface area contributed by atoms with Gasteiger partial charge in [-0.15, -0.1) is 21.5 Å². The summed E-state index contributed by atoms with van der Waals surface area (Å²) in [7, 11) is 0. The molecule has 2 aliphatic heterocycles. The van der Waals surface area contributed by atoms with E-state index < -0.39 is 0 Å². The third-order valence-corrected chi connectivity index (χ3v) is 6.78. The number of hydrogen-bond donors (Lipinski definition) is 0. The van der Waals surface area contributed by atoms with Crippen LogP contribution in [0.4, 0.5) is 5.69 Å². The van der Waals surface area contributed by atoms with Gasteiger partial charge in [0, 0.05) is 13.1 Å². The molecular formula is C21H22N6O2S. The first-order valence-corrected chi connectivity index (χ1v) is 11.0. The average molecular weight is 423 g/mol. The van der Waals surface area contributed by atoms with Crippen molar-refractivity contribution < 1.29 is 9.59 Å². The summed E-state index contributed by atoms with van der Waals surface area (Å²) in [4.78, 5) is 31.9. The smallest absolute Gasteiger partial charge is 0.251 e. The average Bonchev–Trinajstić information content (AvgIpc) is 3.50. The number of hydrogen-bond acceptors (Lipinski definition) is 7. The summed E-state index contributed by atoms with van der Waals surface area (Å²) < 4.78 is 0. The Hall–Kier alpha value is -2.91. The highest BCUT2D eigenvalue weighted by Gasteiger charge is 2.44. The number of para-hydroxylation sites is 1. The monoisotopic (exact) mass is 422 g/mol. The first-order valence-electron chi connectivity index (χ1n) is 10.1. The number of carbonyl (C=O) groups is 2. The van der Waals surface area contributed by atoms with Gasteiger partial charge in [-0.1, -0.05) is 24.3 Å². The number of rotatable bonds is 4. The summed E-state index contributed by atoms with van der Waals surface area (Å²) in [5, 5.41) is 15.0. The summed E-state index contributed by atoms with van der Waals surface area (Å²) in [6, 6.07) is 11.2. The van der Waals surface area contributed by atoms with E-state index in [-0.39, 0.29) is 30.3 Å². The maximum absolute atomic E-state index is 13.1. The molecule has 1 atom stereocenters. The summed E-state index contributed by atoms with van der Waals surface area (Å²) >= 11 is 1.59. The van der Waals surface area contributed by atoms with Crippen LogP contribution >= 0.6 is 11.3 Å². The standard InChI is InChI=1S/C21H22N6O2S/c1-14-5-2-3-6-16(14)26-19(28)13-17(21(26)29)25-10-8-15(9-11-25)27-23-20(22-24-27)18-7-4-12-30-18/h2-7,12,15,17H,8-11,13H2,1H3/t17-/m0/s1. The zero-order chi connectivity index (χ0) is 20.7. The van der Waals surface area contributed by atoms with E-state index in [1.807, 2.05) is 48.7 Å². The molecular weight excluding hydrogens is 400 g/mol. The van der Waals surface area contributed by atoms with E-state index in [1.165, 1.54) is 4.90 Å². The largest absolute Gasteiger partial charge is 0.291 e. The van der Waals surface area contributed by atoms with Crippen LogP contribution < -0.4 is 4.90 Å². The third kappa shape index (κ3) is 3.33. The van der Waals surface area contributed by atoms with E-state index in [0.717, 1.165) is 36.4 Å². The summed E-state index contributed by atoms with van der Waals surface area (Å²) in [6.07, 6.45) is 1.88. The minimum Gasteiger partial charge on any atom is -0.291 e. The van der Waals surface area contributed by atoms with Crippen LogP contribution in [0.3, 0.4) is 0 Å². The SMILES string of the molecule is Cc1ccccc1N1C(=O)C[C@H](N2CCC(n3nnc(-c4cccs4)n3)CC2)C1=O. The molecule has 1 aromatic carbocycles. The van der Waals surface area contributed by atoms with Crippen molar-refractivity contribution in [2.24, 2.45) is 0 Å². The van der Waals surface area contributed by atoms with E-state index in [0.29, 0.717) is 11.5 Å². The van der Waals surface area contributed by atoms with Crippen molar-refractivity contribution in [3.8, 4) is 10.7 Å². The minimum atomic E-state index is -0.386. The number of aryl methyl sites for hydroxylation is 1. The number of piperidine rings is 1. The maximum Gasteiger partial charge on any atom is 0.251 e. The second-order valence-corrected chi connectivity index (χ2v) is 8.70. The molecule has 4 heterocycles. The number of carbonyl (C=O) groups excluding carboxylic acids is 2. The molecule has 8 nitrogen and oxygen atoms in total. The van der Waals surface area contributed by atoms with Gasteiger partial charge in [0.05, 0.1) is 29.1 Å². The molecule has 9 heteroatoms. The van der Waals surface area contributed by atoms with Gasteiger partial charge in [0.2, 0.25) is 11.7 Å². The lowest BCUT2D eigenvalue weighted by Crippen LogP contribution is -2.46. The molecule has 0 saturated carbocycles. The van der Waals surface area contributed by atoms with Gasteiger partial charge < -0.3 is 0 Å². The molecule has 3 aromatic rings. The van der Waals surface area contributed by atoms with Gasteiger partial charge in [0.1, 0.15) is 0 Å². The number of thiophene rings is 1. The number of likely N-dealkylation sites (tertiary alicyclic amines) is 1. The number of tetrazole rings is 1. The highest BCUT2D eigenvalue weighted by molar-refractivity contribution is 7.13. The number of imide groups is 1. The van der Waals surface area contributed by atoms with Gasteiger partial charge in [-0.25, -0.2) is 4.90 Å². The molecule has 0 N–H and O–H groups in total. The zero-order valence-corrected chi connectivity index (χ0v) is 17.5. The van der Waals surface area contributed by atoms with Crippen LogP contribution in [-0.2, 0) is 9.59 Å². The Morgan fingerprint density at radius 1 is 1.07 bits per heavy atom. The Morgan fingerprint density at radius 3 is 2.60 bits per heavy atom. The fourth-order valence-electron chi connectivity index (χ4n) is 4.28. The maximum atomic E-state index is 13.1. The number of aromatic nitrogens is 4. The first-order chi connectivity index (χ1) is 14.6. The molecule has 0 radical (unpaired) electrons. The lowest BCUT2D eigenvalue weighted by molar-refractivity contribution is -0.123. The molecule has 0 aliphatic carbocycles. The van der Waals surface area contributed by atoms with Crippen molar-refractivity contribution in [3.63, 3.8) is 0 Å². The third-order valence-electron chi connectivity index (χ3n) is 5.92. The molecule has 0 unspecified atom stereocenters. The molecule has 0 bridgehead atoms. The molecule has 5 rings (SSSR count). The lowest BCUT2D eigenvalue weighted by atomic mass is 10.0. The fourth-order valence-corrected chi connectivity index (χ4v) is 4.93. The molecule has 2 saturated heterocycles. The van der Waals surface area contributed by atoms with Crippen molar-refractivity contribution in [2.75, 3.05) is 18.0 Å². The van der Waals surface area contributed by atoms with Crippen LogP contribution in [0, 0.1) is 6.92 Å². The number of nitrogens with zero attached hydrogens (tertiary/aromatic N) is 6. The Bertz CT molecular complexity index is 1070. The number of anilines is 1. The van der Waals surface area contributed by atoms with Crippen LogP contribution in [0.1, 0.15) is 30.9 Å². The molecule has 0 spiro atoms. The van der Waals surface area contributed by atoms with E-state index in [2.05, 4.69) is 20.3 Å². The van der Waals surface area contributed by atoms with Gasteiger partial charge in [0.25, 0.3) is 5.91 Å². The quantitative estimate of drug-likeness (QED) is 0.601. The topological polar surface area (TPSA) is 84.2 Å². The summed E-state index contributed by atoms with van der Waals surface area (Å²) in [5.41, 5.74) is 1.62. The van der Waals surface area contributed by atoms with Crippen LogP contribution in [0.2, 0.25) is 0 Å². The molecule has 30 heavy (non-hydrogen) atoms.